The fourth-order valence-corrected chi connectivity index (χ4v) is 1.37. The molecule has 1 aliphatic heterocycles. The minimum atomic E-state index is -0.398. The van der Waals surface area contributed by atoms with Crippen molar-refractivity contribution in [2.45, 2.75) is 32.9 Å². The molecule has 1 aromatic rings. The van der Waals surface area contributed by atoms with E-state index in [4.69, 9.17) is 4.74 Å². The lowest BCUT2D eigenvalue weighted by molar-refractivity contribution is 0.0231. The van der Waals surface area contributed by atoms with Crippen molar-refractivity contribution in [2.75, 3.05) is 13.1 Å². The van der Waals surface area contributed by atoms with Gasteiger partial charge in [-0.15, -0.1) is 5.10 Å². The van der Waals surface area contributed by atoms with Gasteiger partial charge in [-0.25, -0.2) is 9.48 Å². The molecule has 6 heteroatoms. The molecule has 2 rings (SSSR count). The molecule has 0 spiro atoms. The van der Waals surface area contributed by atoms with Crippen molar-refractivity contribution in [1.29, 1.82) is 0 Å². The molecule has 94 valence electrons. The number of esters is 1. The van der Waals surface area contributed by atoms with Gasteiger partial charge in [0.2, 0.25) is 0 Å². The normalized spacial score (nSPS) is 17.9. The van der Waals surface area contributed by atoms with E-state index in [0.29, 0.717) is 12.0 Å². The molecule has 1 atom stereocenters. The van der Waals surface area contributed by atoms with Gasteiger partial charge in [-0.05, 0) is 12.8 Å². The predicted octanol–water partition coefficient (Wildman–Crippen LogP) is 0.624. The summed E-state index contributed by atoms with van der Waals surface area (Å²) in [6.07, 6.45) is 1.54. The van der Waals surface area contributed by atoms with Crippen LogP contribution < -0.4 is 5.32 Å². The van der Waals surface area contributed by atoms with E-state index in [1.54, 1.807) is 10.9 Å². The van der Waals surface area contributed by atoms with Gasteiger partial charge in [0.25, 0.3) is 0 Å². The van der Waals surface area contributed by atoms with Crippen LogP contribution in [-0.2, 0) is 4.74 Å². The van der Waals surface area contributed by atoms with Crippen LogP contribution in [0.5, 0.6) is 0 Å². The van der Waals surface area contributed by atoms with Gasteiger partial charge < -0.3 is 10.1 Å². The highest BCUT2D eigenvalue weighted by Gasteiger charge is 2.23. The van der Waals surface area contributed by atoms with Gasteiger partial charge in [0.05, 0.1) is 12.2 Å². The van der Waals surface area contributed by atoms with Crippen LogP contribution in [0.25, 0.3) is 0 Å². The van der Waals surface area contributed by atoms with Gasteiger partial charge in [-0.1, -0.05) is 19.1 Å². The number of carbonyl (C=O) groups excluding carboxylic acids is 1. The average molecular weight is 238 g/mol. The summed E-state index contributed by atoms with van der Waals surface area (Å²) in [4.78, 5) is 11.7. The molecule has 0 radical (unpaired) electrons. The zero-order chi connectivity index (χ0) is 12.4. The van der Waals surface area contributed by atoms with E-state index in [1.165, 1.54) is 0 Å². The number of carbonyl (C=O) groups is 1. The molecule has 0 aliphatic carbocycles. The lowest BCUT2D eigenvalue weighted by Crippen LogP contribution is -2.43. The monoisotopic (exact) mass is 238 g/mol. The molecule has 0 amide bonds. The Labute approximate surface area is 100 Å². The number of aromatic nitrogens is 3. The van der Waals surface area contributed by atoms with Crippen LogP contribution in [-0.4, -0.2) is 40.2 Å². The second-order valence-electron chi connectivity index (χ2n) is 4.75. The van der Waals surface area contributed by atoms with Crippen LogP contribution in [0.15, 0.2) is 6.20 Å². The molecule has 0 saturated carbocycles. The highest BCUT2D eigenvalue weighted by atomic mass is 16.5. The standard InChI is InChI=1S/C11H18N4O2/c1-7(2)8(3)17-11(16)10-6-15(14-13-10)9-4-12-5-9/h6-9,12H,4-5H2,1-3H3. The number of hydrogen-bond donors (Lipinski definition) is 1. The minimum absolute atomic E-state index is 0.113. The van der Waals surface area contributed by atoms with Crippen molar-refractivity contribution in [3.63, 3.8) is 0 Å². The topological polar surface area (TPSA) is 69.0 Å². The summed E-state index contributed by atoms with van der Waals surface area (Å²) in [5.74, 6) is -0.102. The van der Waals surface area contributed by atoms with E-state index in [9.17, 15) is 4.79 Å². The van der Waals surface area contributed by atoms with Crippen molar-refractivity contribution < 1.29 is 9.53 Å². The van der Waals surface area contributed by atoms with E-state index in [1.807, 2.05) is 20.8 Å². The third-order valence-electron chi connectivity index (χ3n) is 3.09. The number of rotatable bonds is 4. The van der Waals surface area contributed by atoms with Crippen molar-refractivity contribution in [2.24, 2.45) is 5.92 Å². The van der Waals surface area contributed by atoms with Crippen molar-refractivity contribution in [1.82, 2.24) is 20.3 Å². The average Bonchev–Trinajstić information content (AvgIpc) is 2.63. The summed E-state index contributed by atoms with van der Waals surface area (Å²) in [6.45, 7) is 7.65. The largest absolute Gasteiger partial charge is 0.458 e. The van der Waals surface area contributed by atoms with Crippen molar-refractivity contribution in [3.8, 4) is 0 Å². The third-order valence-corrected chi connectivity index (χ3v) is 3.09. The van der Waals surface area contributed by atoms with Crippen LogP contribution in [0.4, 0.5) is 0 Å². The predicted molar refractivity (Wildman–Crippen MR) is 61.6 cm³/mol. The van der Waals surface area contributed by atoms with Crippen molar-refractivity contribution >= 4 is 5.97 Å². The summed E-state index contributed by atoms with van der Waals surface area (Å²) in [5.41, 5.74) is 0.282. The molecule has 0 bridgehead atoms. The first kappa shape index (κ1) is 12.0. The van der Waals surface area contributed by atoms with Gasteiger partial charge >= 0.3 is 5.97 Å². The maximum Gasteiger partial charge on any atom is 0.360 e. The molecule has 1 aromatic heterocycles. The Morgan fingerprint density at radius 2 is 2.24 bits per heavy atom. The van der Waals surface area contributed by atoms with E-state index in [-0.39, 0.29) is 11.8 Å². The summed E-state index contributed by atoms with van der Waals surface area (Å²) >= 11 is 0. The third kappa shape index (κ3) is 2.63. The first-order valence-corrected chi connectivity index (χ1v) is 5.91. The second kappa shape index (κ2) is 4.83. The SMILES string of the molecule is CC(C)C(C)OC(=O)c1cn(C2CNC2)nn1. The maximum atomic E-state index is 11.7. The molecule has 1 unspecified atom stereocenters. The Balaban J connectivity index is 1.97. The van der Waals surface area contributed by atoms with Gasteiger partial charge in [0.15, 0.2) is 5.69 Å². The fourth-order valence-electron chi connectivity index (χ4n) is 1.37. The molecule has 1 saturated heterocycles. The lowest BCUT2D eigenvalue weighted by atomic mass is 10.1. The number of nitrogens with one attached hydrogen (secondary N) is 1. The Kier molecular flexibility index (Phi) is 3.42. The highest BCUT2D eigenvalue weighted by molar-refractivity contribution is 5.86. The first-order valence-electron chi connectivity index (χ1n) is 5.91. The Morgan fingerprint density at radius 3 is 2.76 bits per heavy atom. The van der Waals surface area contributed by atoms with Gasteiger partial charge in [-0.3, -0.25) is 0 Å². The van der Waals surface area contributed by atoms with Gasteiger partial charge in [0, 0.05) is 13.1 Å². The van der Waals surface area contributed by atoms with Crippen LogP contribution in [0.2, 0.25) is 0 Å². The molecule has 0 aromatic carbocycles. The number of ether oxygens (including phenoxy) is 1. The molecule has 2 heterocycles. The summed E-state index contributed by atoms with van der Waals surface area (Å²) in [5, 5.41) is 10.9. The van der Waals surface area contributed by atoms with Gasteiger partial charge in [-0.2, -0.15) is 0 Å². The fraction of sp³-hybridized carbons (Fsp3) is 0.727. The van der Waals surface area contributed by atoms with E-state index < -0.39 is 5.97 Å². The smallest absolute Gasteiger partial charge is 0.360 e. The van der Waals surface area contributed by atoms with Crippen molar-refractivity contribution in [3.05, 3.63) is 11.9 Å². The molecule has 17 heavy (non-hydrogen) atoms. The van der Waals surface area contributed by atoms with Gasteiger partial charge in [0.1, 0.15) is 6.10 Å². The Hall–Kier alpha value is -1.43. The first-order chi connectivity index (χ1) is 8.08. The minimum Gasteiger partial charge on any atom is -0.458 e. The summed E-state index contributed by atoms with van der Waals surface area (Å²) < 4.78 is 6.99. The number of nitrogens with zero attached hydrogens (tertiary/aromatic N) is 3. The Morgan fingerprint density at radius 1 is 1.53 bits per heavy atom. The zero-order valence-electron chi connectivity index (χ0n) is 10.4. The molecular formula is C11H18N4O2. The molecule has 1 fully saturated rings. The van der Waals surface area contributed by atoms with E-state index in [2.05, 4.69) is 15.6 Å². The molecule has 6 nitrogen and oxygen atoms in total. The molecular weight excluding hydrogens is 220 g/mol. The van der Waals surface area contributed by atoms with Crippen LogP contribution in [0.1, 0.15) is 37.3 Å². The Bertz CT molecular complexity index is 398. The quantitative estimate of drug-likeness (QED) is 0.779. The zero-order valence-corrected chi connectivity index (χ0v) is 10.4. The molecule has 1 N–H and O–H groups in total. The maximum absolute atomic E-state index is 11.7. The van der Waals surface area contributed by atoms with E-state index in [0.717, 1.165) is 13.1 Å². The second-order valence-corrected chi connectivity index (χ2v) is 4.75. The summed E-state index contributed by atoms with van der Waals surface area (Å²) in [7, 11) is 0. The van der Waals surface area contributed by atoms with E-state index >= 15 is 0 Å². The van der Waals surface area contributed by atoms with Crippen LogP contribution >= 0.6 is 0 Å². The molecule has 1 aliphatic rings. The lowest BCUT2D eigenvalue weighted by Gasteiger charge is -2.26. The highest BCUT2D eigenvalue weighted by Crippen LogP contribution is 2.12. The van der Waals surface area contributed by atoms with Crippen LogP contribution in [0, 0.1) is 5.92 Å². The van der Waals surface area contributed by atoms with Crippen LogP contribution in [0.3, 0.4) is 0 Å². The number of hydrogen-bond acceptors (Lipinski definition) is 5. The summed E-state index contributed by atoms with van der Waals surface area (Å²) in [6, 6.07) is 0.312.